The monoisotopic (exact) mass is 330 g/mol. The van der Waals surface area contributed by atoms with E-state index in [0.717, 1.165) is 16.7 Å². The Balaban J connectivity index is 1.93. The zero-order chi connectivity index (χ0) is 17.1. The number of benzene rings is 2. The molecule has 0 spiro atoms. The fraction of sp³-hybridized carbons (Fsp3) is 0.429. The molecule has 0 heterocycles. The minimum absolute atomic E-state index is 0.221. The van der Waals surface area contributed by atoms with Gasteiger partial charge < -0.3 is 4.74 Å². The molecule has 0 radical (unpaired) electrons. The molecule has 1 aliphatic carbocycles. The Morgan fingerprint density at radius 3 is 2.54 bits per heavy atom. The second kappa shape index (κ2) is 7.33. The van der Waals surface area contributed by atoms with E-state index in [1.54, 1.807) is 12.1 Å². The van der Waals surface area contributed by atoms with Crippen LogP contribution in [0.25, 0.3) is 16.8 Å². The van der Waals surface area contributed by atoms with Gasteiger partial charge >= 0.3 is 6.61 Å². The van der Waals surface area contributed by atoms with E-state index in [1.807, 2.05) is 12.1 Å². The van der Waals surface area contributed by atoms with Crippen molar-refractivity contribution in [3.8, 4) is 5.75 Å². The maximum atomic E-state index is 12.7. The molecule has 1 nitrogen and oxygen atoms in total. The lowest BCUT2D eigenvalue weighted by atomic mass is 9.77. The Labute approximate surface area is 142 Å². The van der Waals surface area contributed by atoms with Crippen LogP contribution >= 0.6 is 0 Å². The van der Waals surface area contributed by atoms with Crippen LogP contribution in [0.2, 0.25) is 0 Å². The SMILES string of the molecule is C=Cc1ccc2cc(C3CCC(CC)CC3)ccc2c1OC(F)F. The standard InChI is InChI=1S/C21H24F2O/c1-3-14-5-7-16(8-6-14)17-11-12-19-18(13-17)10-9-15(4-2)20(19)24-21(22)23/h4,9-14,16,21H,2-3,5-8H2,1H3. The summed E-state index contributed by atoms with van der Waals surface area (Å²) >= 11 is 0. The molecule has 24 heavy (non-hydrogen) atoms. The largest absolute Gasteiger partial charge is 0.434 e. The third kappa shape index (κ3) is 3.45. The van der Waals surface area contributed by atoms with Gasteiger partial charge in [0.15, 0.2) is 0 Å². The van der Waals surface area contributed by atoms with Crippen molar-refractivity contribution in [2.75, 3.05) is 0 Å². The van der Waals surface area contributed by atoms with Crippen LogP contribution in [0.5, 0.6) is 5.75 Å². The van der Waals surface area contributed by atoms with Crippen LogP contribution in [0.3, 0.4) is 0 Å². The van der Waals surface area contributed by atoms with E-state index in [1.165, 1.54) is 37.7 Å². The molecule has 0 atom stereocenters. The Kier molecular flexibility index (Phi) is 5.17. The van der Waals surface area contributed by atoms with Crippen molar-refractivity contribution in [2.24, 2.45) is 5.92 Å². The van der Waals surface area contributed by atoms with Crippen LogP contribution in [-0.4, -0.2) is 6.61 Å². The number of hydrogen-bond acceptors (Lipinski definition) is 1. The third-order valence-electron chi connectivity index (χ3n) is 5.35. The Bertz CT molecular complexity index is 715. The van der Waals surface area contributed by atoms with Gasteiger partial charge in [0.25, 0.3) is 0 Å². The summed E-state index contributed by atoms with van der Waals surface area (Å²) in [4.78, 5) is 0. The van der Waals surface area contributed by atoms with Crippen molar-refractivity contribution in [1.82, 2.24) is 0 Å². The van der Waals surface area contributed by atoms with Crippen LogP contribution < -0.4 is 4.74 Å². The summed E-state index contributed by atoms with van der Waals surface area (Å²) in [6.07, 6.45) is 7.83. The summed E-state index contributed by atoms with van der Waals surface area (Å²) in [6, 6.07) is 9.89. The van der Waals surface area contributed by atoms with Gasteiger partial charge in [0.2, 0.25) is 0 Å². The third-order valence-corrected chi connectivity index (χ3v) is 5.35. The van der Waals surface area contributed by atoms with Gasteiger partial charge in [-0.05, 0) is 48.5 Å². The van der Waals surface area contributed by atoms with Crippen molar-refractivity contribution in [3.63, 3.8) is 0 Å². The van der Waals surface area contributed by atoms with Crippen molar-refractivity contribution >= 4 is 16.8 Å². The first kappa shape index (κ1) is 16.9. The molecule has 0 N–H and O–H groups in total. The van der Waals surface area contributed by atoms with Crippen LogP contribution in [0.15, 0.2) is 36.9 Å². The molecule has 128 valence electrons. The van der Waals surface area contributed by atoms with Gasteiger partial charge in [0, 0.05) is 10.9 Å². The van der Waals surface area contributed by atoms with Gasteiger partial charge in [-0.3, -0.25) is 0 Å². The fourth-order valence-electron chi connectivity index (χ4n) is 3.88. The average molecular weight is 330 g/mol. The maximum absolute atomic E-state index is 12.7. The van der Waals surface area contributed by atoms with Crippen LogP contribution in [0.1, 0.15) is 56.1 Å². The molecule has 1 aliphatic rings. The first-order valence-electron chi connectivity index (χ1n) is 8.76. The van der Waals surface area contributed by atoms with E-state index in [2.05, 4.69) is 25.6 Å². The van der Waals surface area contributed by atoms with E-state index in [-0.39, 0.29) is 5.75 Å². The molecule has 0 unspecified atom stereocenters. The van der Waals surface area contributed by atoms with Crippen molar-refractivity contribution in [1.29, 1.82) is 0 Å². The second-order valence-electron chi connectivity index (χ2n) is 6.67. The normalized spacial score (nSPS) is 21.2. The molecule has 2 aromatic carbocycles. The quantitative estimate of drug-likeness (QED) is 0.588. The molecule has 0 aliphatic heterocycles. The van der Waals surface area contributed by atoms with E-state index in [4.69, 9.17) is 4.74 Å². The zero-order valence-electron chi connectivity index (χ0n) is 14.1. The second-order valence-corrected chi connectivity index (χ2v) is 6.67. The molecule has 2 aromatic rings. The number of rotatable bonds is 5. The minimum atomic E-state index is -2.83. The average Bonchev–Trinajstić information content (AvgIpc) is 2.61. The molecule has 1 fully saturated rings. The van der Waals surface area contributed by atoms with Gasteiger partial charge in [-0.25, -0.2) is 0 Å². The molecule has 3 heteroatoms. The Morgan fingerprint density at radius 2 is 1.92 bits per heavy atom. The summed E-state index contributed by atoms with van der Waals surface area (Å²) in [5, 5.41) is 1.67. The summed E-state index contributed by atoms with van der Waals surface area (Å²) in [5.41, 5.74) is 1.91. The molecule has 0 amide bonds. The summed E-state index contributed by atoms with van der Waals surface area (Å²) in [7, 11) is 0. The van der Waals surface area contributed by atoms with E-state index in [9.17, 15) is 8.78 Å². The number of halogens is 2. The molecular weight excluding hydrogens is 306 g/mol. The molecule has 0 aromatic heterocycles. The smallest absolute Gasteiger partial charge is 0.387 e. The topological polar surface area (TPSA) is 9.23 Å². The van der Waals surface area contributed by atoms with Crippen molar-refractivity contribution in [3.05, 3.63) is 48.0 Å². The summed E-state index contributed by atoms with van der Waals surface area (Å²) in [6.45, 7) is 3.12. The summed E-state index contributed by atoms with van der Waals surface area (Å²) < 4.78 is 30.3. The predicted octanol–water partition coefficient (Wildman–Crippen LogP) is 6.77. The predicted molar refractivity (Wildman–Crippen MR) is 95.7 cm³/mol. The number of alkyl halides is 2. The van der Waals surface area contributed by atoms with Crippen LogP contribution in [0, 0.1) is 5.92 Å². The molecule has 1 saturated carbocycles. The van der Waals surface area contributed by atoms with Crippen LogP contribution in [-0.2, 0) is 0 Å². The highest BCUT2D eigenvalue weighted by Gasteiger charge is 2.22. The number of hydrogen-bond donors (Lipinski definition) is 0. The number of ether oxygens (including phenoxy) is 1. The molecule has 3 rings (SSSR count). The molecule has 0 bridgehead atoms. The number of fused-ring (bicyclic) bond motifs is 1. The Morgan fingerprint density at radius 1 is 1.17 bits per heavy atom. The lowest BCUT2D eigenvalue weighted by Gasteiger charge is -2.28. The van der Waals surface area contributed by atoms with Gasteiger partial charge in [0.05, 0.1) is 0 Å². The fourth-order valence-corrected chi connectivity index (χ4v) is 3.88. The van der Waals surface area contributed by atoms with Crippen molar-refractivity contribution < 1.29 is 13.5 Å². The van der Waals surface area contributed by atoms with Gasteiger partial charge in [-0.1, -0.05) is 56.3 Å². The van der Waals surface area contributed by atoms with E-state index >= 15 is 0 Å². The summed E-state index contributed by atoms with van der Waals surface area (Å²) in [5.74, 6) is 1.66. The Hall–Kier alpha value is -1.90. The maximum Gasteiger partial charge on any atom is 0.387 e. The van der Waals surface area contributed by atoms with E-state index < -0.39 is 6.61 Å². The lowest BCUT2D eigenvalue weighted by molar-refractivity contribution is -0.0489. The highest BCUT2D eigenvalue weighted by atomic mass is 19.3. The highest BCUT2D eigenvalue weighted by Crippen LogP contribution is 2.39. The highest BCUT2D eigenvalue weighted by molar-refractivity contribution is 5.92. The zero-order valence-corrected chi connectivity index (χ0v) is 14.1. The van der Waals surface area contributed by atoms with E-state index in [0.29, 0.717) is 11.5 Å². The van der Waals surface area contributed by atoms with Crippen LogP contribution in [0.4, 0.5) is 8.78 Å². The first-order chi connectivity index (χ1) is 11.6. The molecule has 0 saturated heterocycles. The van der Waals surface area contributed by atoms with Gasteiger partial charge in [0.1, 0.15) is 5.75 Å². The lowest BCUT2D eigenvalue weighted by Crippen LogP contribution is -2.12. The van der Waals surface area contributed by atoms with Crippen molar-refractivity contribution in [2.45, 2.75) is 51.6 Å². The first-order valence-corrected chi connectivity index (χ1v) is 8.76. The molecular formula is C21H24F2O. The van der Waals surface area contributed by atoms with Gasteiger partial charge in [-0.2, -0.15) is 8.78 Å². The minimum Gasteiger partial charge on any atom is -0.434 e. The van der Waals surface area contributed by atoms with Gasteiger partial charge in [-0.15, -0.1) is 0 Å².